The van der Waals surface area contributed by atoms with E-state index in [9.17, 15) is 17.6 Å². The van der Waals surface area contributed by atoms with E-state index in [0.717, 1.165) is 11.3 Å². The Morgan fingerprint density at radius 1 is 1.32 bits per heavy atom. The number of hydrogen-bond acceptors (Lipinski definition) is 6. The Kier molecular flexibility index (Phi) is 6.28. The molecule has 0 aliphatic carbocycles. The van der Waals surface area contributed by atoms with Crippen molar-refractivity contribution in [3.8, 4) is 6.07 Å². The van der Waals surface area contributed by atoms with Crippen LogP contribution < -0.4 is 10.6 Å². The quantitative estimate of drug-likeness (QED) is 0.666. The summed E-state index contributed by atoms with van der Waals surface area (Å²) in [5.41, 5.74) is 0.261. The van der Waals surface area contributed by atoms with Gasteiger partial charge in [0.15, 0.2) is 0 Å². The molecule has 0 saturated carbocycles. The second kappa shape index (κ2) is 8.68. The topological polar surface area (TPSA) is 102 Å². The van der Waals surface area contributed by atoms with Crippen LogP contribution in [0.15, 0.2) is 39.9 Å². The number of carbonyl (C=O) groups excluding carboxylic acids is 1. The SMILES string of the molecule is N#Cc1c(F)cccc1NCCNC(=O)C1CCCN1S(=O)(=O)c1cccs1. The first-order valence-electron chi connectivity index (χ1n) is 8.70. The van der Waals surface area contributed by atoms with Gasteiger partial charge in [-0.2, -0.15) is 9.57 Å². The number of halogens is 1. The molecule has 0 radical (unpaired) electrons. The van der Waals surface area contributed by atoms with Gasteiger partial charge in [0.05, 0.1) is 5.69 Å². The minimum atomic E-state index is -3.68. The van der Waals surface area contributed by atoms with Crippen LogP contribution in [0.4, 0.5) is 10.1 Å². The zero-order chi connectivity index (χ0) is 20.1. The Hall–Kier alpha value is -2.48. The summed E-state index contributed by atoms with van der Waals surface area (Å²) in [6, 6.07) is 8.52. The maximum atomic E-state index is 13.6. The third-order valence-electron chi connectivity index (χ3n) is 4.43. The Balaban J connectivity index is 1.57. The fraction of sp³-hybridized carbons (Fsp3) is 0.333. The van der Waals surface area contributed by atoms with Crippen molar-refractivity contribution in [3.05, 3.63) is 47.1 Å². The molecule has 0 bridgehead atoms. The highest BCUT2D eigenvalue weighted by atomic mass is 32.2. The summed E-state index contributed by atoms with van der Waals surface area (Å²) in [5.74, 6) is -0.976. The molecule has 7 nitrogen and oxygen atoms in total. The zero-order valence-corrected chi connectivity index (χ0v) is 16.5. The van der Waals surface area contributed by atoms with Crippen molar-refractivity contribution in [2.45, 2.75) is 23.1 Å². The molecular weight excluding hydrogens is 403 g/mol. The Labute approximate surface area is 166 Å². The molecule has 28 heavy (non-hydrogen) atoms. The summed E-state index contributed by atoms with van der Waals surface area (Å²) in [4.78, 5) is 12.5. The number of amides is 1. The van der Waals surface area contributed by atoms with Crippen LogP contribution in [0.1, 0.15) is 18.4 Å². The van der Waals surface area contributed by atoms with E-state index in [2.05, 4.69) is 10.6 Å². The Morgan fingerprint density at radius 3 is 2.86 bits per heavy atom. The molecule has 1 unspecified atom stereocenters. The predicted molar refractivity (Wildman–Crippen MR) is 104 cm³/mol. The first kappa shape index (κ1) is 20.3. The lowest BCUT2D eigenvalue weighted by Gasteiger charge is -2.22. The third kappa shape index (κ3) is 4.16. The molecule has 1 aromatic carbocycles. The van der Waals surface area contributed by atoms with Gasteiger partial charge in [0.25, 0.3) is 10.0 Å². The number of nitriles is 1. The summed E-state index contributed by atoms with van der Waals surface area (Å²) in [7, 11) is -3.68. The molecule has 1 aliphatic rings. The fourth-order valence-corrected chi connectivity index (χ4v) is 5.88. The number of nitrogens with zero attached hydrogens (tertiary/aromatic N) is 2. The highest BCUT2D eigenvalue weighted by molar-refractivity contribution is 7.91. The van der Waals surface area contributed by atoms with E-state index in [-0.39, 0.29) is 28.8 Å². The van der Waals surface area contributed by atoms with Crippen molar-refractivity contribution >= 4 is 33.0 Å². The van der Waals surface area contributed by atoms with Crippen LogP contribution in [0, 0.1) is 17.1 Å². The molecule has 3 rings (SSSR count). The van der Waals surface area contributed by atoms with E-state index < -0.39 is 21.9 Å². The lowest BCUT2D eigenvalue weighted by atomic mass is 10.2. The largest absolute Gasteiger partial charge is 0.382 e. The van der Waals surface area contributed by atoms with E-state index in [1.54, 1.807) is 23.6 Å². The number of thiophene rings is 1. The average molecular weight is 423 g/mol. The van der Waals surface area contributed by atoms with Gasteiger partial charge in [0.2, 0.25) is 5.91 Å². The molecule has 1 amide bonds. The summed E-state index contributed by atoms with van der Waals surface area (Å²) < 4.78 is 40.5. The predicted octanol–water partition coefficient (Wildman–Crippen LogP) is 2.14. The number of anilines is 1. The van der Waals surface area contributed by atoms with Crippen LogP contribution in [-0.4, -0.2) is 44.3 Å². The van der Waals surface area contributed by atoms with Crippen molar-refractivity contribution in [1.29, 1.82) is 5.26 Å². The van der Waals surface area contributed by atoms with Gasteiger partial charge in [-0.05, 0) is 36.4 Å². The lowest BCUT2D eigenvalue weighted by molar-refractivity contribution is -0.124. The lowest BCUT2D eigenvalue weighted by Crippen LogP contribution is -2.46. The van der Waals surface area contributed by atoms with Gasteiger partial charge in [0, 0.05) is 19.6 Å². The Bertz CT molecular complexity index is 987. The molecule has 1 aromatic heterocycles. The van der Waals surface area contributed by atoms with Gasteiger partial charge in [-0.15, -0.1) is 11.3 Å². The highest BCUT2D eigenvalue weighted by Gasteiger charge is 2.39. The molecule has 148 valence electrons. The van der Waals surface area contributed by atoms with Crippen LogP contribution in [-0.2, 0) is 14.8 Å². The van der Waals surface area contributed by atoms with Gasteiger partial charge < -0.3 is 10.6 Å². The minimum absolute atomic E-state index is 0.0853. The number of carbonyl (C=O) groups is 1. The fourth-order valence-electron chi connectivity index (χ4n) is 3.10. The van der Waals surface area contributed by atoms with Crippen molar-refractivity contribution in [2.75, 3.05) is 25.0 Å². The smallest absolute Gasteiger partial charge is 0.253 e. The first-order chi connectivity index (χ1) is 13.4. The van der Waals surface area contributed by atoms with Crippen LogP contribution in [0.5, 0.6) is 0 Å². The summed E-state index contributed by atoms with van der Waals surface area (Å²) in [5, 5.41) is 16.3. The standard InChI is InChI=1S/C18H19FN4O3S2/c19-14-4-1-5-15(13(14)12-20)21-8-9-22-18(24)16-6-2-10-23(16)28(25,26)17-7-3-11-27-17/h1,3-5,7,11,16,21H,2,6,8-10H2,(H,22,24). The van der Waals surface area contributed by atoms with Crippen LogP contribution in [0.25, 0.3) is 0 Å². The molecule has 1 fully saturated rings. The zero-order valence-electron chi connectivity index (χ0n) is 14.9. The molecule has 2 heterocycles. The number of hydrogen-bond donors (Lipinski definition) is 2. The van der Waals surface area contributed by atoms with E-state index >= 15 is 0 Å². The molecule has 1 saturated heterocycles. The Morgan fingerprint density at radius 2 is 2.14 bits per heavy atom. The summed E-state index contributed by atoms with van der Waals surface area (Å²) >= 11 is 1.13. The third-order valence-corrected chi connectivity index (χ3v) is 7.71. The molecular formula is C18H19FN4O3S2. The second-order valence-electron chi connectivity index (χ2n) is 6.20. The molecule has 10 heteroatoms. The van der Waals surface area contributed by atoms with Crippen LogP contribution in [0.3, 0.4) is 0 Å². The van der Waals surface area contributed by atoms with E-state index in [1.807, 2.05) is 0 Å². The average Bonchev–Trinajstić information content (AvgIpc) is 3.37. The molecule has 2 N–H and O–H groups in total. The first-order valence-corrected chi connectivity index (χ1v) is 11.0. The van der Waals surface area contributed by atoms with Gasteiger partial charge in [-0.3, -0.25) is 4.79 Å². The van der Waals surface area contributed by atoms with Crippen molar-refractivity contribution < 1.29 is 17.6 Å². The van der Waals surface area contributed by atoms with Gasteiger partial charge >= 0.3 is 0 Å². The molecule has 0 spiro atoms. The van der Waals surface area contributed by atoms with E-state index in [4.69, 9.17) is 5.26 Å². The normalized spacial score (nSPS) is 17.2. The number of nitrogens with one attached hydrogen (secondary N) is 2. The van der Waals surface area contributed by atoms with Crippen molar-refractivity contribution in [1.82, 2.24) is 9.62 Å². The van der Waals surface area contributed by atoms with E-state index in [1.165, 1.54) is 22.5 Å². The number of sulfonamides is 1. The molecule has 1 aliphatic heterocycles. The summed E-state index contributed by atoms with van der Waals surface area (Å²) in [6.07, 6.45) is 1.09. The van der Waals surface area contributed by atoms with Crippen molar-refractivity contribution in [2.24, 2.45) is 0 Å². The van der Waals surface area contributed by atoms with E-state index in [0.29, 0.717) is 25.1 Å². The van der Waals surface area contributed by atoms with Gasteiger partial charge in [-0.25, -0.2) is 12.8 Å². The maximum absolute atomic E-state index is 13.6. The van der Waals surface area contributed by atoms with Crippen LogP contribution >= 0.6 is 11.3 Å². The second-order valence-corrected chi connectivity index (χ2v) is 9.26. The van der Waals surface area contributed by atoms with Crippen LogP contribution in [0.2, 0.25) is 0 Å². The maximum Gasteiger partial charge on any atom is 0.253 e. The highest BCUT2D eigenvalue weighted by Crippen LogP contribution is 2.28. The van der Waals surface area contributed by atoms with Crippen molar-refractivity contribution in [3.63, 3.8) is 0 Å². The minimum Gasteiger partial charge on any atom is -0.382 e. The number of rotatable bonds is 7. The summed E-state index contributed by atoms with van der Waals surface area (Å²) in [6.45, 7) is 0.795. The molecule has 1 atom stereocenters. The molecule has 2 aromatic rings. The number of benzene rings is 1. The van der Waals surface area contributed by atoms with Gasteiger partial charge in [0.1, 0.15) is 27.7 Å². The van der Waals surface area contributed by atoms with Gasteiger partial charge in [-0.1, -0.05) is 12.1 Å². The monoisotopic (exact) mass is 422 g/mol.